The van der Waals surface area contributed by atoms with Crippen molar-refractivity contribution < 1.29 is 14.3 Å². The van der Waals surface area contributed by atoms with Gasteiger partial charge in [0, 0.05) is 22.4 Å². The molecule has 1 fully saturated rings. The zero-order valence-corrected chi connectivity index (χ0v) is 20.3. The average Bonchev–Trinajstić information content (AvgIpc) is 3.12. The second-order valence-electron chi connectivity index (χ2n) is 8.33. The van der Waals surface area contributed by atoms with E-state index in [4.69, 9.17) is 4.74 Å². The SMILES string of the molecule is CCOC(=O)c1c(NC(=O)C2CCCN(Cc3cccc(Br)c3)C2)sc2c1CCCC2. The van der Waals surface area contributed by atoms with Gasteiger partial charge in [0.15, 0.2) is 0 Å². The van der Waals surface area contributed by atoms with E-state index in [0.717, 1.165) is 68.2 Å². The van der Waals surface area contributed by atoms with Gasteiger partial charge in [-0.1, -0.05) is 28.1 Å². The van der Waals surface area contributed by atoms with E-state index in [1.54, 1.807) is 11.3 Å². The number of anilines is 1. The third-order valence-corrected chi connectivity index (χ3v) is 7.76. The maximum atomic E-state index is 13.2. The van der Waals surface area contributed by atoms with Crippen molar-refractivity contribution in [3.63, 3.8) is 0 Å². The van der Waals surface area contributed by atoms with Crippen molar-refractivity contribution in [2.75, 3.05) is 25.0 Å². The molecule has 7 heteroatoms. The van der Waals surface area contributed by atoms with Crippen molar-refractivity contribution in [3.05, 3.63) is 50.3 Å². The summed E-state index contributed by atoms with van der Waals surface area (Å²) in [5.74, 6) is -0.365. The number of likely N-dealkylation sites (tertiary alicyclic amines) is 1. The van der Waals surface area contributed by atoms with Crippen molar-refractivity contribution in [3.8, 4) is 0 Å². The molecule has 5 nitrogen and oxygen atoms in total. The van der Waals surface area contributed by atoms with E-state index in [0.29, 0.717) is 17.2 Å². The van der Waals surface area contributed by atoms with Crippen LogP contribution >= 0.6 is 27.3 Å². The van der Waals surface area contributed by atoms with E-state index >= 15 is 0 Å². The molecule has 2 aliphatic rings. The molecule has 1 amide bonds. The molecule has 31 heavy (non-hydrogen) atoms. The Morgan fingerprint density at radius 3 is 2.90 bits per heavy atom. The van der Waals surface area contributed by atoms with Gasteiger partial charge in [0.05, 0.1) is 18.1 Å². The van der Waals surface area contributed by atoms with Crippen LogP contribution in [0.25, 0.3) is 0 Å². The lowest BCUT2D eigenvalue weighted by Gasteiger charge is -2.32. The van der Waals surface area contributed by atoms with E-state index in [2.05, 4.69) is 38.3 Å². The zero-order chi connectivity index (χ0) is 21.8. The number of nitrogens with one attached hydrogen (secondary N) is 1. The highest BCUT2D eigenvalue weighted by atomic mass is 79.9. The van der Waals surface area contributed by atoms with Gasteiger partial charge in [-0.15, -0.1) is 11.3 Å². The second kappa shape index (κ2) is 10.3. The molecule has 0 bridgehead atoms. The lowest BCUT2D eigenvalue weighted by Crippen LogP contribution is -2.40. The van der Waals surface area contributed by atoms with E-state index in [1.807, 2.05) is 19.1 Å². The minimum absolute atomic E-state index is 0.0167. The summed E-state index contributed by atoms with van der Waals surface area (Å²) in [5.41, 5.74) is 2.92. The lowest BCUT2D eigenvalue weighted by molar-refractivity contribution is -0.121. The van der Waals surface area contributed by atoms with Gasteiger partial charge >= 0.3 is 5.97 Å². The van der Waals surface area contributed by atoms with E-state index in [9.17, 15) is 9.59 Å². The summed E-state index contributed by atoms with van der Waals surface area (Å²) < 4.78 is 6.39. The molecule has 1 aromatic heterocycles. The van der Waals surface area contributed by atoms with Crippen LogP contribution in [0.1, 0.15) is 59.0 Å². The number of benzene rings is 1. The number of carbonyl (C=O) groups is 2. The summed E-state index contributed by atoms with van der Waals surface area (Å²) in [4.78, 5) is 29.4. The van der Waals surface area contributed by atoms with Gasteiger partial charge < -0.3 is 10.1 Å². The normalized spacial score (nSPS) is 19.0. The summed E-state index contributed by atoms with van der Waals surface area (Å²) in [7, 11) is 0. The molecule has 1 aromatic carbocycles. The Labute approximate surface area is 196 Å². The van der Waals surface area contributed by atoms with Crippen LogP contribution in [-0.2, 0) is 28.9 Å². The molecular formula is C24H29BrN2O3S. The van der Waals surface area contributed by atoms with Crippen molar-refractivity contribution in [1.29, 1.82) is 0 Å². The zero-order valence-electron chi connectivity index (χ0n) is 17.9. The number of amides is 1. The van der Waals surface area contributed by atoms with Crippen LogP contribution in [0, 0.1) is 5.92 Å². The minimum atomic E-state index is -0.308. The molecule has 1 aliphatic heterocycles. The standard InChI is InChI=1S/C24H29BrN2O3S/c1-2-30-24(29)21-19-10-3-4-11-20(19)31-23(21)26-22(28)17-8-6-12-27(15-17)14-16-7-5-9-18(25)13-16/h5,7,9,13,17H,2-4,6,8,10-12,14-15H2,1H3,(H,26,28). The molecule has 0 saturated carbocycles. The Balaban J connectivity index is 1.46. The first-order valence-electron chi connectivity index (χ1n) is 11.1. The van der Waals surface area contributed by atoms with Crippen LogP contribution in [0.3, 0.4) is 0 Å². The Bertz CT molecular complexity index is 958. The molecule has 1 atom stereocenters. The van der Waals surface area contributed by atoms with Crippen LogP contribution in [0.4, 0.5) is 5.00 Å². The Kier molecular flexibility index (Phi) is 7.46. The number of carbonyl (C=O) groups excluding carboxylic acids is 2. The molecule has 1 saturated heterocycles. The lowest BCUT2D eigenvalue weighted by atomic mass is 9.95. The number of ether oxygens (including phenoxy) is 1. The molecule has 0 radical (unpaired) electrons. The molecule has 4 rings (SSSR count). The van der Waals surface area contributed by atoms with Crippen LogP contribution < -0.4 is 5.32 Å². The maximum Gasteiger partial charge on any atom is 0.341 e. The van der Waals surface area contributed by atoms with E-state index in [1.165, 1.54) is 10.4 Å². The van der Waals surface area contributed by atoms with Gasteiger partial charge in [-0.3, -0.25) is 9.69 Å². The van der Waals surface area contributed by atoms with Gasteiger partial charge in [0.1, 0.15) is 5.00 Å². The Morgan fingerprint density at radius 1 is 1.26 bits per heavy atom. The van der Waals surface area contributed by atoms with Gasteiger partial charge in [0.25, 0.3) is 0 Å². The largest absolute Gasteiger partial charge is 0.462 e. The molecule has 166 valence electrons. The van der Waals surface area contributed by atoms with Crippen molar-refractivity contribution in [2.45, 2.75) is 52.0 Å². The first kappa shape index (κ1) is 22.5. The summed E-state index contributed by atoms with van der Waals surface area (Å²) in [6.07, 6.45) is 5.96. The van der Waals surface area contributed by atoms with Crippen molar-refractivity contribution >= 4 is 44.1 Å². The van der Waals surface area contributed by atoms with Crippen LogP contribution in [0.2, 0.25) is 0 Å². The minimum Gasteiger partial charge on any atom is -0.462 e. The summed E-state index contributed by atoms with van der Waals surface area (Å²) >= 11 is 5.10. The van der Waals surface area contributed by atoms with Gasteiger partial charge in [-0.2, -0.15) is 0 Å². The van der Waals surface area contributed by atoms with E-state index in [-0.39, 0.29) is 17.8 Å². The molecule has 0 spiro atoms. The first-order valence-corrected chi connectivity index (χ1v) is 12.8. The summed E-state index contributed by atoms with van der Waals surface area (Å²) in [5, 5.41) is 3.79. The first-order chi connectivity index (χ1) is 15.0. The molecule has 2 aromatic rings. The summed E-state index contributed by atoms with van der Waals surface area (Å²) in [6.45, 7) is 4.72. The van der Waals surface area contributed by atoms with Crippen LogP contribution in [0.15, 0.2) is 28.7 Å². The number of rotatable bonds is 6. The second-order valence-corrected chi connectivity index (χ2v) is 10.3. The number of hydrogen-bond acceptors (Lipinski definition) is 5. The molecule has 1 unspecified atom stereocenters. The van der Waals surface area contributed by atoms with Crippen LogP contribution in [0.5, 0.6) is 0 Å². The molecular weight excluding hydrogens is 476 g/mol. The molecule has 2 heterocycles. The topological polar surface area (TPSA) is 58.6 Å². The third-order valence-electron chi connectivity index (χ3n) is 6.06. The van der Waals surface area contributed by atoms with Gasteiger partial charge in [-0.05, 0) is 75.3 Å². The Morgan fingerprint density at radius 2 is 2.10 bits per heavy atom. The highest BCUT2D eigenvalue weighted by Crippen LogP contribution is 2.39. The number of hydrogen-bond donors (Lipinski definition) is 1. The smallest absolute Gasteiger partial charge is 0.341 e. The monoisotopic (exact) mass is 504 g/mol. The Hall–Kier alpha value is -1.70. The number of fused-ring (bicyclic) bond motifs is 1. The highest BCUT2D eigenvalue weighted by molar-refractivity contribution is 9.10. The fraction of sp³-hybridized carbons (Fsp3) is 0.500. The molecule has 1 N–H and O–H groups in total. The average molecular weight is 505 g/mol. The number of halogens is 1. The number of aryl methyl sites for hydroxylation is 1. The van der Waals surface area contributed by atoms with E-state index < -0.39 is 0 Å². The van der Waals surface area contributed by atoms with Gasteiger partial charge in [-0.25, -0.2) is 4.79 Å². The number of esters is 1. The van der Waals surface area contributed by atoms with Crippen LogP contribution in [-0.4, -0.2) is 36.5 Å². The predicted octanol–water partition coefficient (Wildman–Crippen LogP) is 5.42. The fourth-order valence-electron chi connectivity index (χ4n) is 4.59. The fourth-order valence-corrected chi connectivity index (χ4v) is 6.32. The number of piperidine rings is 1. The molecule has 1 aliphatic carbocycles. The number of nitrogens with zero attached hydrogens (tertiary/aromatic N) is 1. The quantitative estimate of drug-likeness (QED) is 0.533. The maximum absolute atomic E-state index is 13.2. The van der Waals surface area contributed by atoms with Crippen molar-refractivity contribution in [2.24, 2.45) is 5.92 Å². The third kappa shape index (κ3) is 5.38. The predicted molar refractivity (Wildman–Crippen MR) is 128 cm³/mol. The van der Waals surface area contributed by atoms with Gasteiger partial charge in [0.2, 0.25) is 5.91 Å². The number of thiophene rings is 1. The highest BCUT2D eigenvalue weighted by Gasteiger charge is 2.30. The summed E-state index contributed by atoms with van der Waals surface area (Å²) in [6, 6.07) is 8.32. The van der Waals surface area contributed by atoms with Crippen molar-refractivity contribution in [1.82, 2.24) is 4.90 Å².